The second-order valence-corrected chi connectivity index (χ2v) is 11.0. The van der Waals surface area contributed by atoms with Crippen LogP contribution in [0.4, 0.5) is 23.0 Å². The van der Waals surface area contributed by atoms with Crippen molar-refractivity contribution in [1.29, 1.82) is 0 Å². The van der Waals surface area contributed by atoms with E-state index in [1.807, 2.05) is 68.1 Å². The molecule has 1 aliphatic heterocycles. The number of carbonyl (C=O) groups excluding carboxylic acids is 1. The lowest BCUT2D eigenvalue weighted by atomic mass is 10.1. The van der Waals surface area contributed by atoms with Crippen LogP contribution >= 0.6 is 0 Å². The van der Waals surface area contributed by atoms with E-state index in [1.54, 1.807) is 7.11 Å². The molecule has 0 unspecified atom stereocenters. The topological polar surface area (TPSA) is 111 Å². The predicted octanol–water partition coefficient (Wildman–Crippen LogP) is 5.07. The van der Waals surface area contributed by atoms with Crippen LogP contribution in [-0.4, -0.2) is 71.8 Å². The third-order valence-corrected chi connectivity index (χ3v) is 7.67. The van der Waals surface area contributed by atoms with Crippen LogP contribution in [0.3, 0.4) is 0 Å². The molecule has 10 heteroatoms. The average molecular weight is 558 g/mol. The molecule has 0 bridgehead atoms. The van der Waals surface area contributed by atoms with Gasteiger partial charge < -0.3 is 34.9 Å². The van der Waals surface area contributed by atoms with Crippen molar-refractivity contribution in [3.63, 3.8) is 0 Å². The highest BCUT2D eigenvalue weighted by molar-refractivity contribution is 6.03. The fourth-order valence-corrected chi connectivity index (χ4v) is 5.53. The normalized spacial score (nSPS) is 15.4. The number of nitrogen functional groups attached to an aromatic ring is 1. The molecule has 2 aromatic heterocycles. The fourth-order valence-electron chi connectivity index (χ4n) is 5.53. The molecule has 0 amide bonds. The van der Waals surface area contributed by atoms with E-state index in [0.29, 0.717) is 40.4 Å². The summed E-state index contributed by atoms with van der Waals surface area (Å²) in [5.41, 5.74) is 11.3. The number of esters is 1. The van der Waals surface area contributed by atoms with Crippen molar-refractivity contribution in [3.8, 4) is 17.0 Å². The molecular formula is C31H39N7O3. The zero-order valence-corrected chi connectivity index (χ0v) is 24.6. The molecule has 1 saturated heterocycles. The van der Waals surface area contributed by atoms with Crippen molar-refractivity contribution in [1.82, 2.24) is 19.4 Å². The van der Waals surface area contributed by atoms with E-state index in [0.717, 1.165) is 35.2 Å². The minimum atomic E-state index is -0.475. The van der Waals surface area contributed by atoms with Gasteiger partial charge in [0.2, 0.25) is 5.95 Å². The Kier molecular flexibility index (Phi) is 8.03. The zero-order chi connectivity index (χ0) is 29.3. The molecule has 0 spiro atoms. The lowest BCUT2D eigenvalue weighted by Crippen LogP contribution is -2.36. The quantitative estimate of drug-likeness (QED) is 0.215. The number of likely N-dealkylation sites (tertiary alicyclic amines) is 1. The van der Waals surface area contributed by atoms with Gasteiger partial charge in [-0.2, -0.15) is 0 Å². The first-order valence-electron chi connectivity index (χ1n) is 13.9. The predicted molar refractivity (Wildman–Crippen MR) is 164 cm³/mol. The number of rotatable bonds is 9. The van der Waals surface area contributed by atoms with Crippen LogP contribution < -0.4 is 20.7 Å². The van der Waals surface area contributed by atoms with Gasteiger partial charge in [0.25, 0.3) is 0 Å². The number of hydrogen-bond acceptors (Lipinski definition) is 9. The third kappa shape index (κ3) is 5.78. The Balaban J connectivity index is 1.51. The summed E-state index contributed by atoms with van der Waals surface area (Å²) in [6.07, 6.45) is 5.58. The van der Waals surface area contributed by atoms with Gasteiger partial charge in [-0.15, -0.1) is 0 Å². The first-order valence-corrected chi connectivity index (χ1v) is 13.9. The molecule has 2 aromatic carbocycles. The summed E-state index contributed by atoms with van der Waals surface area (Å²) in [5.74, 6) is 0.441. The number of ether oxygens (including phenoxy) is 2. The number of nitrogens with two attached hydrogens (primary N) is 1. The minimum Gasteiger partial charge on any atom is -0.494 e. The van der Waals surface area contributed by atoms with Gasteiger partial charge >= 0.3 is 5.97 Å². The van der Waals surface area contributed by atoms with Gasteiger partial charge in [0, 0.05) is 61.6 Å². The number of carbonyl (C=O) groups is 1. The number of methoxy groups -OCH3 is 1. The van der Waals surface area contributed by atoms with E-state index in [9.17, 15) is 4.79 Å². The summed E-state index contributed by atoms with van der Waals surface area (Å²) in [5, 5.41) is 4.24. The minimum absolute atomic E-state index is 0.279. The maximum atomic E-state index is 13.1. The Morgan fingerprint density at radius 3 is 2.73 bits per heavy atom. The van der Waals surface area contributed by atoms with E-state index in [1.165, 1.54) is 19.0 Å². The third-order valence-electron chi connectivity index (χ3n) is 7.67. The van der Waals surface area contributed by atoms with Crippen molar-refractivity contribution in [2.24, 2.45) is 7.05 Å². The van der Waals surface area contributed by atoms with Gasteiger partial charge in [0.15, 0.2) is 0 Å². The lowest BCUT2D eigenvalue weighted by molar-refractivity contribution is 0.0378. The molecule has 216 valence electrons. The van der Waals surface area contributed by atoms with E-state index < -0.39 is 5.97 Å². The molecule has 4 aromatic rings. The van der Waals surface area contributed by atoms with E-state index >= 15 is 0 Å². The number of fused-ring (bicyclic) bond motifs is 1. The molecule has 5 rings (SSSR count). The monoisotopic (exact) mass is 557 g/mol. The van der Waals surface area contributed by atoms with Gasteiger partial charge in [-0.25, -0.2) is 14.8 Å². The first kappa shape index (κ1) is 28.2. The van der Waals surface area contributed by atoms with E-state index in [-0.39, 0.29) is 6.10 Å². The SMILES string of the molecule is COc1cc(N(C)C[C@H]2CCCN2C)c(N)cc1Nc1ncc(C(=O)OC(C)C)c(-c2cn(C)c3ccccc23)n1. The molecule has 1 atom stereocenters. The molecule has 3 N–H and O–H groups in total. The number of aryl methyl sites for hydroxylation is 1. The van der Waals surface area contributed by atoms with Crippen LogP contribution in [0, 0.1) is 0 Å². The summed E-state index contributed by atoms with van der Waals surface area (Å²) >= 11 is 0. The Morgan fingerprint density at radius 2 is 2.02 bits per heavy atom. The lowest BCUT2D eigenvalue weighted by Gasteiger charge is -2.29. The van der Waals surface area contributed by atoms with Gasteiger partial charge in [0.05, 0.1) is 36.0 Å². The molecule has 3 heterocycles. The largest absolute Gasteiger partial charge is 0.494 e. The summed E-state index contributed by atoms with van der Waals surface area (Å²) in [7, 11) is 7.82. The van der Waals surface area contributed by atoms with Gasteiger partial charge in [-0.1, -0.05) is 18.2 Å². The van der Waals surface area contributed by atoms with Crippen LogP contribution in [0.25, 0.3) is 22.2 Å². The summed E-state index contributed by atoms with van der Waals surface area (Å²) in [6, 6.07) is 12.3. The Bertz CT molecular complexity index is 1570. The highest BCUT2D eigenvalue weighted by atomic mass is 16.5. The van der Waals surface area contributed by atoms with E-state index in [2.05, 4.69) is 34.2 Å². The zero-order valence-electron chi connectivity index (χ0n) is 24.6. The number of benzene rings is 2. The van der Waals surface area contributed by atoms with Crippen molar-refractivity contribution < 1.29 is 14.3 Å². The first-order chi connectivity index (χ1) is 19.7. The van der Waals surface area contributed by atoms with Gasteiger partial charge in [-0.3, -0.25) is 0 Å². The average Bonchev–Trinajstić information content (AvgIpc) is 3.50. The van der Waals surface area contributed by atoms with Crippen molar-refractivity contribution in [2.45, 2.75) is 38.8 Å². The number of hydrogen-bond donors (Lipinski definition) is 2. The molecule has 1 fully saturated rings. The highest BCUT2D eigenvalue weighted by Gasteiger charge is 2.25. The highest BCUT2D eigenvalue weighted by Crippen LogP contribution is 2.38. The summed E-state index contributed by atoms with van der Waals surface area (Å²) < 4.78 is 13.3. The second-order valence-electron chi connectivity index (χ2n) is 11.0. The molecule has 0 radical (unpaired) electrons. The number of anilines is 4. The van der Waals surface area contributed by atoms with Crippen LogP contribution in [0.5, 0.6) is 5.75 Å². The number of nitrogens with zero attached hydrogens (tertiary/aromatic N) is 5. The molecular weight excluding hydrogens is 518 g/mol. The van der Waals surface area contributed by atoms with Crippen LogP contribution in [0.2, 0.25) is 0 Å². The molecule has 41 heavy (non-hydrogen) atoms. The van der Waals surface area contributed by atoms with Crippen LogP contribution in [0.15, 0.2) is 48.8 Å². The standard InChI is InChI=1S/C31H39N7O3/c1-19(2)41-30(39)22-16-33-31(35-29(22)23-18-38(5)26-12-8-7-11-21(23)26)34-25-14-24(32)27(15-28(25)40-6)37(4)17-20-10-9-13-36(20)3/h7-8,11-12,14-16,18-20H,9-10,13,17,32H2,1-6H3,(H,33,34,35)/t20-/m1/s1. The smallest absolute Gasteiger partial charge is 0.342 e. The van der Waals surface area contributed by atoms with Crippen molar-refractivity contribution >= 4 is 39.9 Å². The van der Waals surface area contributed by atoms with Crippen LogP contribution in [-0.2, 0) is 11.8 Å². The van der Waals surface area contributed by atoms with Gasteiger partial charge in [0.1, 0.15) is 11.3 Å². The number of aromatic nitrogens is 3. The van der Waals surface area contributed by atoms with Crippen molar-refractivity contribution in [2.75, 3.05) is 50.2 Å². The Hall–Kier alpha value is -4.31. The Labute approximate surface area is 241 Å². The Morgan fingerprint density at radius 1 is 1.24 bits per heavy atom. The second kappa shape index (κ2) is 11.7. The summed E-state index contributed by atoms with van der Waals surface area (Å²) in [4.78, 5) is 26.9. The maximum Gasteiger partial charge on any atom is 0.342 e. The molecule has 0 saturated carbocycles. The molecule has 10 nitrogen and oxygen atoms in total. The van der Waals surface area contributed by atoms with Gasteiger partial charge in [-0.05, 0) is 52.4 Å². The molecule has 0 aliphatic carbocycles. The summed E-state index contributed by atoms with van der Waals surface area (Å²) in [6.45, 7) is 5.63. The number of likely N-dealkylation sites (N-methyl/N-ethyl adjacent to an activating group) is 2. The number of nitrogens with one attached hydrogen (secondary N) is 1. The van der Waals surface area contributed by atoms with Crippen LogP contribution in [0.1, 0.15) is 37.0 Å². The van der Waals surface area contributed by atoms with E-state index in [4.69, 9.17) is 20.2 Å². The molecule has 1 aliphatic rings. The van der Waals surface area contributed by atoms with Crippen molar-refractivity contribution in [3.05, 3.63) is 54.4 Å². The number of para-hydroxylation sites is 1. The fraction of sp³-hybridized carbons (Fsp3) is 0.387. The maximum absolute atomic E-state index is 13.1.